The minimum atomic E-state index is -0.268. The summed E-state index contributed by atoms with van der Waals surface area (Å²) in [6.45, 7) is 5.65. The van der Waals surface area contributed by atoms with Crippen molar-refractivity contribution in [3.05, 3.63) is 53.1 Å². The van der Waals surface area contributed by atoms with Gasteiger partial charge in [0.1, 0.15) is 5.82 Å². The topological polar surface area (TPSA) is 22.1 Å². The Bertz CT molecular complexity index is 639. The molecule has 0 radical (unpaired) electrons. The smallest absolute Gasteiger partial charge is 0.149 e. The van der Waals surface area contributed by atoms with E-state index in [-0.39, 0.29) is 5.82 Å². The molecular weight excluding hydrogens is 253 g/mol. The van der Waals surface area contributed by atoms with Gasteiger partial charge in [0.2, 0.25) is 0 Å². The zero-order valence-electron chi connectivity index (χ0n) is 11.8. The molecule has 3 rings (SSSR count). The molecule has 2 nitrogen and oxygen atoms in total. The fourth-order valence-electron chi connectivity index (χ4n) is 2.87. The van der Waals surface area contributed by atoms with Crippen LogP contribution in [0.3, 0.4) is 0 Å². The van der Waals surface area contributed by atoms with Gasteiger partial charge in [-0.1, -0.05) is 26.0 Å². The van der Waals surface area contributed by atoms with E-state index < -0.39 is 0 Å². The highest BCUT2D eigenvalue weighted by molar-refractivity contribution is 5.71. The predicted molar refractivity (Wildman–Crippen MR) is 76.8 cm³/mol. The molecule has 0 saturated heterocycles. The standard InChI is InChI=1S/C17H18FNO/c1-3-11(2)17-14(13-6-7-19-8-16(13)18)5-4-12-9-20-10-15(12)17/h4-8,11H,3,9-10H2,1-2H3. The molecule has 1 aromatic heterocycles. The van der Waals surface area contributed by atoms with Crippen molar-refractivity contribution in [3.63, 3.8) is 0 Å². The SMILES string of the molecule is CCC(C)c1c(-c2ccncc2F)ccc2c1COC2. The summed E-state index contributed by atoms with van der Waals surface area (Å²) in [7, 11) is 0. The number of nitrogens with zero attached hydrogens (tertiary/aromatic N) is 1. The number of benzene rings is 1. The number of aromatic nitrogens is 1. The first-order chi connectivity index (χ1) is 9.72. The second-order valence-corrected chi connectivity index (χ2v) is 5.32. The Morgan fingerprint density at radius 3 is 2.85 bits per heavy atom. The summed E-state index contributed by atoms with van der Waals surface area (Å²) >= 11 is 0. The van der Waals surface area contributed by atoms with Gasteiger partial charge in [-0.15, -0.1) is 0 Å². The van der Waals surface area contributed by atoms with Crippen molar-refractivity contribution in [2.75, 3.05) is 0 Å². The van der Waals surface area contributed by atoms with E-state index in [4.69, 9.17) is 4.74 Å². The second kappa shape index (κ2) is 5.33. The molecule has 2 aromatic rings. The number of hydrogen-bond donors (Lipinski definition) is 0. The Morgan fingerprint density at radius 2 is 2.10 bits per heavy atom. The van der Waals surface area contributed by atoms with Gasteiger partial charge in [-0.25, -0.2) is 4.39 Å². The van der Waals surface area contributed by atoms with Crippen LogP contribution in [0, 0.1) is 5.82 Å². The first kappa shape index (κ1) is 13.3. The molecule has 1 aromatic carbocycles. The zero-order valence-corrected chi connectivity index (χ0v) is 11.8. The lowest BCUT2D eigenvalue weighted by atomic mass is 9.85. The normalized spacial score (nSPS) is 15.2. The van der Waals surface area contributed by atoms with Crippen molar-refractivity contribution in [1.82, 2.24) is 4.98 Å². The van der Waals surface area contributed by atoms with Crippen LogP contribution in [0.25, 0.3) is 11.1 Å². The lowest BCUT2D eigenvalue weighted by Crippen LogP contribution is -2.03. The van der Waals surface area contributed by atoms with Gasteiger partial charge in [0.15, 0.2) is 0 Å². The van der Waals surface area contributed by atoms with Crippen molar-refractivity contribution in [1.29, 1.82) is 0 Å². The zero-order chi connectivity index (χ0) is 14.1. The van der Waals surface area contributed by atoms with Crippen LogP contribution >= 0.6 is 0 Å². The van der Waals surface area contributed by atoms with E-state index in [0.717, 1.165) is 12.0 Å². The average molecular weight is 271 g/mol. The van der Waals surface area contributed by atoms with E-state index in [1.807, 2.05) is 6.07 Å². The Morgan fingerprint density at radius 1 is 1.25 bits per heavy atom. The van der Waals surface area contributed by atoms with Gasteiger partial charge >= 0.3 is 0 Å². The summed E-state index contributed by atoms with van der Waals surface area (Å²) in [6, 6.07) is 5.83. The maximum Gasteiger partial charge on any atom is 0.149 e. The summed E-state index contributed by atoms with van der Waals surface area (Å²) in [5.74, 6) is 0.116. The van der Waals surface area contributed by atoms with Gasteiger partial charge in [0.25, 0.3) is 0 Å². The van der Waals surface area contributed by atoms with Crippen molar-refractivity contribution in [2.45, 2.75) is 39.4 Å². The van der Waals surface area contributed by atoms with E-state index in [1.165, 1.54) is 22.9 Å². The van der Waals surface area contributed by atoms with Crippen molar-refractivity contribution in [3.8, 4) is 11.1 Å². The largest absolute Gasteiger partial charge is 0.372 e. The van der Waals surface area contributed by atoms with Crippen LogP contribution < -0.4 is 0 Å². The Hall–Kier alpha value is -1.74. The number of fused-ring (bicyclic) bond motifs is 1. The van der Waals surface area contributed by atoms with Crippen LogP contribution in [0.2, 0.25) is 0 Å². The molecule has 20 heavy (non-hydrogen) atoms. The molecule has 0 N–H and O–H groups in total. The van der Waals surface area contributed by atoms with Gasteiger partial charge < -0.3 is 4.74 Å². The monoisotopic (exact) mass is 271 g/mol. The van der Waals surface area contributed by atoms with E-state index in [2.05, 4.69) is 24.9 Å². The summed E-state index contributed by atoms with van der Waals surface area (Å²) in [5, 5.41) is 0. The predicted octanol–water partition coefficient (Wildman–Crippen LogP) is 4.43. The van der Waals surface area contributed by atoms with Gasteiger partial charge in [0, 0.05) is 11.8 Å². The van der Waals surface area contributed by atoms with Crippen molar-refractivity contribution < 1.29 is 9.13 Å². The van der Waals surface area contributed by atoms with Crippen LogP contribution in [-0.4, -0.2) is 4.98 Å². The van der Waals surface area contributed by atoms with Crippen LogP contribution in [0.1, 0.15) is 42.9 Å². The van der Waals surface area contributed by atoms with Gasteiger partial charge in [-0.05, 0) is 40.7 Å². The third-order valence-electron chi connectivity index (χ3n) is 4.13. The lowest BCUT2D eigenvalue weighted by Gasteiger charge is -2.19. The first-order valence-corrected chi connectivity index (χ1v) is 7.04. The molecule has 1 aliphatic heterocycles. The van der Waals surface area contributed by atoms with Gasteiger partial charge in [-0.3, -0.25) is 4.98 Å². The molecule has 1 atom stereocenters. The summed E-state index contributed by atoms with van der Waals surface area (Å²) in [5.41, 5.74) is 5.31. The summed E-state index contributed by atoms with van der Waals surface area (Å²) in [4.78, 5) is 3.84. The maximum atomic E-state index is 14.1. The fourth-order valence-corrected chi connectivity index (χ4v) is 2.87. The Balaban J connectivity index is 2.24. The maximum absolute atomic E-state index is 14.1. The molecule has 0 fully saturated rings. The molecule has 0 spiro atoms. The van der Waals surface area contributed by atoms with E-state index in [0.29, 0.717) is 24.7 Å². The first-order valence-electron chi connectivity index (χ1n) is 7.04. The minimum Gasteiger partial charge on any atom is -0.372 e. The quantitative estimate of drug-likeness (QED) is 0.823. The molecule has 2 heterocycles. The molecule has 1 unspecified atom stereocenters. The number of pyridine rings is 1. The van der Waals surface area contributed by atoms with Crippen LogP contribution in [0.5, 0.6) is 0 Å². The van der Waals surface area contributed by atoms with Crippen LogP contribution in [-0.2, 0) is 18.0 Å². The van der Waals surface area contributed by atoms with Crippen molar-refractivity contribution >= 4 is 0 Å². The molecule has 1 aliphatic rings. The van der Waals surface area contributed by atoms with Crippen LogP contribution in [0.15, 0.2) is 30.6 Å². The number of ether oxygens (including phenoxy) is 1. The Kier molecular flexibility index (Phi) is 3.53. The molecular formula is C17H18FNO. The number of halogens is 1. The Labute approximate surface area is 118 Å². The number of hydrogen-bond acceptors (Lipinski definition) is 2. The molecule has 0 bridgehead atoms. The van der Waals surface area contributed by atoms with Crippen molar-refractivity contribution in [2.24, 2.45) is 0 Å². The average Bonchev–Trinajstić information content (AvgIpc) is 2.94. The molecule has 0 aliphatic carbocycles. The van der Waals surface area contributed by atoms with E-state index in [9.17, 15) is 4.39 Å². The number of rotatable bonds is 3. The molecule has 3 heteroatoms. The van der Waals surface area contributed by atoms with E-state index in [1.54, 1.807) is 12.3 Å². The third kappa shape index (κ3) is 2.12. The summed E-state index contributed by atoms with van der Waals surface area (Å²) in [6.07, 6.45) is 3.94. The van der Waals surface area contributed by atoms with Gasteiger partial charge in [-0.2, -0.15) is 0 Å². The van der Waals surface area contributed by atoms with Gasteiger partial charge in [0.05, 0.1) is 19.4 Å². The lowest BCUT2D eigenvalue weighted by molar-refractivity contribution is 0.134. The highest BCUT2D eigenvalue weighted by atomic mass is 19.1. The second-order valence-electron chi connectivity index (χ2n) is 5.32. The van der Waals surface area contributed by atoms with Crippen LogP contribution in [0.4, 0.5) is 4.39 Å². The minimum absolute atomic E-state index is 0.268. The highest BCUT2D eigenvalue weighted by Crippen LogP contribution is 2.38. The molecule has 104 valence electrons. The summed E-state index contributed by atoms with van der Waals surface area (Å²) < 4.78 is 19.6. The molecule has 0 saturated carbocycles. The third-order valence-corrected chi connectivity index (χ3v) is 4.13. The highest BCUT2D eigenvalue weighted by Gasteiger charge is 2.23. The van der Waals surface area contributed by atoms with E-state index >= 15 is 0 Å². The fraction of sp³-hybridized carbons (Fsp3) is 0.353. The molecule has 0 amide bonds.